The largest absolute Gasteiger partial charge is 0.508 e. The number of nitrogens with zero attached hydrogens (tertiary/aromatic N) is 1. The molecule has 6 heteroatoms. The van der Waals surface area contributed by atoms with E-state index >= 15 is 0 Å². The SMILES string of the molecule is CC(=O)NC(CC(=O)N(Cc1ccco1)Cc1ccccc1O)c1ccccc1. The van der Waals surface area contributed by atoms with Crippen LogP contribution in [0.15, 0.2) is 77.4 Å². The summed E-state index contributed by atoms with van der Waals surface area (Å²) in [6.07, 6.45) is 1.65. The number of hydrogen-bond acceptors (Lipinski definition) is 4. The van der Waals surface area contributed by atoms with Gasteiger partial charge in [-0.25, -0.2) is 0 Å². The van der Waals surface area contributed by atoms with Crippen molar-refractivity contribution in [3.05, 3.63) is 89.9 Å². The number of carbonyl (C=O) groups excluding carboxylic acids is 2. The maximum Gasteiger partial charge on any atom is 0.225 e. The van der Waals surface area contributed by atoms with Crippen molar-refractivity contribution in [2.45, 2.75) is 32.5 Å². The Hall–Kier alpha value is -3.54. The van der Waals surface area contributed by atoms with Gasteiger partial charge in [0.2, 0.25) is 11.8 Å². The third-order valence-electron chi connectivity index (χ3n) is 4.59. The maximum absolute atomic E-state index is 13.2. The Morgan fingerprint density at radius 3 is 2.38 bits per heavy atom. The van der Waals surface area contributed by atoms with Crippen LogP contribution in [0.1, 0.15) is 36.3 Å². The summed E-state index contributed by atoms with van der Waals surface area (Å²) in [5.41, 5.74) is 1.50. The Labute approximate surface area is 169 Å². The number of carbonyl (C=O) groups is 2. The predicted molar refractivity (Wildman–Crippen MR) is 109 cm³/mol. The van der Waals surface area contributed by atoms with Crippen LogP contribution in [0.5, 0.6) is 5.75 Å². The Bertz CT molecular complexity index is 939. The molecule has 1 unspecified atom stereocenters. The molecule has 0 bridgehead atoms. The van der Waals surface area contributed by atoms with Gasteiger partial charge < -0.3 is 19.7 Å². The number of benzene rings is 2. The number of nitrogens with one attached hydrogen (secondary N) is 1. The molecule has 3 aromatic rings. The van der Waals surface area contributed by atoms with E-state index in [2.05, 4.69) is 5.32 Å². The summed E-state index contributed by atoms with van der Waals surface area (Å²) in [6, 6.07) is 19.4. The zero-order chi connectivity index (χ0) is 20.6. The summed E-state index contributed by atoms with van der Waals surface area (Å²) in [5, 5.41) is 13.0. The van der Waals surface area contributed by atoms with Gasteiger partial charge in [-0.3, -0.25) is 9.59 Å². The average Bonchev–Trinajstić information content (AvgIpc) is 3.22. The lowest BCUT2D eigenvalue weighted by molar-refractivity contribution is -0.133. The van der Waals surface area contributed by atoms with E-state index in [1.807, 2.05) is 36.4 Å². The zero-order valence-electron chi connectivity index (χ0n) is 16.2. The lowest BCUT2D eigenvalue weighted by atomic mass is 10.0. The summed E-state index contributed by atoms with van der Waals surface area (Å²) < 4.78 is 5.41. The summed E-state index contributed by atoms with van der Waals surface area (Å²) in [7, 11) is 0. The van der Waals surface area contributed by atoms with Crippen molar-refractivity contribution in [2.75, 3.05) is 0 Å². The summed E-state index contributed by atoms with van der Waals surface area (Å²) in [6.45, 7) is 1.93. The molecule has 2 amide bonds. The van der Waals surface area contributed by atoms with Crippen LogP contribution < -0.4 is 5.32 Å². The Morgan fingerprint density at radius 1 is 1.00 bits per heavy atom. The highest BCUT2D eigenvalue weighted by Gasteiger charge is 2.23. The lowest BCUT2D eigenvalue weighted by Gasteiger charge is -2.25. The molecule has 2 aromatic carbocycles. The zero-order valence-corrected chi connectivity index (χ0v) is 16.2. The lowest BCUT2D eigenvalue weighted by Crippen LogP contribution is -2.35. The van der Waals surface area contributed by atoms with Crippen LogP contribution in [0.4, 0.5) is 0 Å². The number of aromatic hydroxyl groups is 1. The Kier molecular flexibility index (Phi) is 6.68. The fraction of sp³-hybridized carbons (Fsp3) is 0.217. The van der Waals surface area contributed by atoms with Gasteiger partial charge >= 0.3 is 0 Å². The van der Waals surface area contributed by atoms with Crippen molar-refractivity contribution in [1.82, 2.24) is 10.2 Å². The Balaban J connectivity index is 1.82. The van der Waals surface area contributed by atoms with Crippen LogP contribution in [0.2, 0.25) is 0 Å². The molecule has 0 aliphatic carbocycles. The number of phenolic OH excluding ortho intramolecular Hbond substituents is 1. The molecule has 3 rings (SSSR count). The first-order valence-electron chi connectivity index (χ1n) is 9.42. The molecule has 0 saturated carbocycles. The smallest absolute Gasteiger partial charge is 0.225 e. The van der Waals surface area contributed by atoms with Crippen molar-refractivity contribution in [3.8, 4) is 5.75 Å². The fourth-order valence-electron chi connectivity index (χ4n) is 3.16. The summed E-state index contributed by atoms with van der Waals surface area (Å²) in [5.74, 6) is 0.410. The molecule has 0 aliphatic heterocycles. The second-order valence-corrected chi connectivity index (χ2v) is 6.83. The van der Waals surface area contributed by atoms with E-state index in [4.69, 9.17) is 4.42 Å². The van der Waals surface area contributed by atoms with Gasteiger partial charge in [-0.05, 0) is 23.8 Å². The molecule has 6 nitrogen and oxygen atoms in total. The van der Waals surface area contributed by atoms with Gasteiger partial charge in [0.05, 0.1) is 25.3 Å². The molecule has 1 atom stereocenters. The predicted octanol–water partition coefficient (Wildman–Crippen LogP) is 3.78. The number of hydrogen-bond donors (Lipinski definition) is 2. The highest BCUT2D eigenvalue weighted by atomic mass is 16.3. The molecule has 29 heavy (non-hydrogen) atoms. The topological polar surface area (TPSA) is 82.8 Å². The van der Waals surface area contributed by atoms with Crippen LogP contribution in [0.3, 0.4) is 0 Å². The minimum Gasteiger partial charge on any atom is -0.508 e. The van der Waals surface area contributed by atoms with Crippen molar-refractivity contribution in [1.29, 1.82) is 0 Å². The third-order valence-corrected chi connectivity index (χ3v) is 4.59. The first-order chi connectivity index (χ1) is 14.0. The molecular formula is C23H24N2O4. The summed E-state index contributed by atoms with van der Waals surface area (Å²) >= 11 is 0. The van der Waals surface area contributed by atoms with E-state index in [1.54, 1.807) is 41.5 Å². The first-order valence-corrected chi connectivity index (χ1v) is 9.42. The minimum absolute atomic E-state index is 0.0951. The molecular weight excluding hydrogens is 368 g/mol. The van der Waals surface area contributed by atoms with Gasteiger partial charge in [-0.15, -0.1) is 0 Å². The van der Waals surface area contributed by atoms with Crippen molar-refractivity contribution < 1.29 is 19.1 Å². The van der Waals surface area contributed by atoms with Gasteiger partial charge in [-0.1, -0.05) is 48.5 Å². The number of furan rings is 1. The van der Waals surface area contributed by atoms with E-state index in [0.717, 1.165) is 5.56 Å². The standard InChI is InChI=1S/C23H24N2O4/c1-17(26)24-21(18-8-3-2-4-9-18)14-23(28)25(16-20-11-7-13-29-20)15-19-10-5-6-12-22(19)27/h2-13,21,27H,14-16H2,1H3,(H,24,26). The molecule has 0 saturated heterocycles. The molecule has 0 fully saturated rings. The van der Waals surface area contributed by atoms with Crippen molar-refractivity contribution in [3.63, 3.8) is 0 Å². The number of rotatable bonds is 8. The number of phenols is 1. The molecule has 0 radical (unpaired) electrons. The van der Waals surface area contributed by atoms with E-state index in [9.17, 15) is 14.7 Å². The average molecular weight is 392 g/mol. The van der Waals surface area contributed by atoms with Crippen LogP contribution >= 0.6 is 0 Å². The molecule has 0 aliphatic rings. The van der Waals surface area contributed by atoms with Crippen molar-refractivity contribution >= 4 is 11.8 Å². The van der Waals surface area contributed by atoms with Gasteiger partial charge in [0.25, 0.3) is 0 Å². The second-order valence-electron chi connectivity index (χ2n) is 6.83. The third kappa shape index (κ3) is 5.72. The highest BCUT2D eigenvalue weighted by molar-refractivity contribution is 5.79. The molecule has 1 heterocycles. The summed E-state index contributed by atoms with van der Waals surface area (Å²) in [4.78, 5) is 26.5. The van der Waals surface area contributed by atoms with Crippen LogP contribution in [0, 0.1) is 0 Å². The van der Waals surface area contributed by atoms with E-state index in [-0.39, 0.29) is 37.1 Å². The van der Waals surface area contributed by atoms with Crippen LogP contribution in [-0.4, -0.2) is 21.8 Å². The van der Waals surface area contributed by atoms with E-state index < -0.39 is 6.04 Å². The normalized spacial score (nSPS) is 11.6. The molecule has 1 aromatic heterocycles. The molecule has 0 spiro atoms. The molecule has 2 N–H and O–H groups in total. The van der Waals surface area contributed by atoms with E-state index in [1.165, 1.54) is 6.92 Å². The fourth-order valence-corrected chi connectivity index (χ4v) is 3.16. The van der Waals surface area contributed by atoms with Crippen molar-refractivity contribution in [2.24, 2.45) is 0 Å². The van der Waals surface area contributed by atoms with Gasteiger partial charge in [0.15, 0.2) is 0 Å². The second kappa shape index (κ2) is 9.59. The van der Waals surface area contributed by atoms with Crippen LogP contribution in [-0.2, 0) is 22.7 Å². The number of amides is 2. The monoisotopic (exact) mass is 392 g/mol. The van der Waals surface area contributed by atoms with E-state index in [0.29, 0.717) is 11.3 Å². The van der Waals surface area contributed by atoms with Gasteiger partial charge in [-0.2, -0.15) is 0 Å². The van der Waals surface area contributed by atoms with Gasteiger partial charge in [0, 0.05) is 19.0 Å². The maximum atomic E-state index is 13.2. The quantitative estimate of drug-likeness (QED) is 0.611. The number of para-hydroxylation sites is 1. The molecule has 150 valence electrons. The van der Waals surface area contributed by atoms with Crippen LogP contribution in [0.25, 0.3) is 0 Å². The minimum atomic E-state index is -0.440. The first kappa shape index (κ1) is 20.2. The Morgan fingerprint density at radius 2 is 1.72 bits per heavy atom. The van der Waals surface area contributed by atoms with Gasteiger partial charge in [0.1, 0.15) is 11.5 Å². The highest BCUT2D eigenvalue weighted by Crippen LogP contribution is 2.23.